The van der Waals surface area contributed by atoms with Gasteiger partial charge in [0.15, 0.2) is 0 Å². The van der Waals surface area contributed by atoms with E-state index in [1.807, 2.05) is 27.2 Å². The Morgan fingerprint density at radius 3 is 1.08 bits per heavy atom. The van der Waals surface area contributed by atoms with Crippen molar-refractivity contribution in [2.45, 2.75) is 328 Å². The smallest absolute Gasteiger partial charge is 0.387 e. The molecule has 1 amide bonds. The Morgan fingerprint density at radius 2 is 0.761 bits per heavy atom. The Balaban J connectivity index is 4.12. The molecule has 0 aromatic carbocycles. The second-order valence-corrected chi connectivity index (χ2v) is 24.2. The van der Waals surface area contributed by atoms with Gasteiger partial charge < -0.3 is 19.8 Å². The van der Waals surface area contributed by atoms with Gasteiger partial charge in [-0.2, -0.15) is 0 Å². The van der Waals surface area contributed by atoms with E-state index >= 15 is 0 Å². The van der Waals surface area contributed by atoms with Gasteiger partial charge in [-0.3, -0.25) is 13.8 Å². The van der Waals surface area contributed by atoms with Crippen LogP contribution in [0.2, 0.25) is 0 Å². The number of rotatable bonds is 58. The lowest BCUT2D eigenvalue weighted by Gasteiger charge is -2.25. The fourth-order valence-electron chi connectivity index (χ4n) is 9.51. The van der Waals surface area contributed by atoms with E-state index in [0.717, 1.165) is 32.1 Å². The van der Waals surface area contributed by atoms with Gasteiger partial charge in [-0.25, -0.2) is 4.57 Å². The third-order valence-corrected chi connectivity index (χ3v) is 15.4. The molecule has 0 radical (unpaired) electrons. The minimum absolute atomic E-state index is 0.0639. The number of unbranched alkanes of at least 4 members (excludes halogenated alkanes) is 43. The summed E-state index contributed by atoms with van der Waals surface area (Å²) >= 11 is 0. The molecule has 0 rings (SSSR count). The second kappa shape index (κ2) is 53.8. The molecule has 0 saturated heterocycles. The van der Waals surface area contributed by atoms with Crippen LogP contribution in [0, 0.1) is 0 Å². The van der Waals surface area contributed by atoms with Crippen LogP contribution in [0.4, 0.5) is 0 Å². The van der Waals surface area contributed by atoms with Gasteiger partial charge in [0.25, 0.3) is 0 Å². The molecule has 0 spiro atoms. The number of allylic oxidation sites excluding steroid dienone is 3. The largest absolute Gasteiger partial charge is 0.472 e. The van der Waals surface area contributed by atoms with Gasteiger partial charge in [0.1, 0.15) is 13.2 Å². The summed E-state index contributed by atoms with van der Waals surface area (Å²) in [6, 6.07) is -0.845. The molecule has 3 atom stereocenters. The number of hydrogen-bond acceptors (Lipinski definition) is 5. The van der Waals surface area contributed by atoms with Crippen LogP contribution in [0.15, 0.2) is 24.3 Å². The van der Waals surface area contributed by atoms with Gasteiger partial charge in [0, 0.05) is 6.42 Å². The Morgan fingerprint density at radius 1 is 0.465 bits per heavy atom. The van der Waals surface area contributed by atoms with E-state index < -0.39 is 20.0 Å². The first-order valence-electron chi connectivity index (χ1n) is 31.2. The van der Waals surface area contributed by atoms with Crippen LogP contribution in [0.3, 0.4) is 0 Å². The maximum absolute atomic E-state index is 13.0. The van der Waals surface area contributed by atoms with Crippen LogP contribution >= 0.6 is 7.82 Å². The molecule has 9 heteroatoms. The summed E-state index contributed by atoms with van der Waals surface area (Å²) < 4.78 is 23.8. The standard InChI is InChI=1S/C62H123N2O6P/c1-6-8-10-12-14-16-18-20-22-24-26-28-30-31-32-33-34-36-38-40-42-44-46-48-50-52-54-56-62(66)63-60(59-70-71(67,68)69-58-57-64(3,4)5)61(65)55-53-51-49-47-45-43-41-39-37-35-29-27-25-23-21-19-17-15-13-11-9-7-2/h24,26,53,55,60-61,65H,6-23,25,27-52,54,56-59H2,1-5H3,(H-,63,66,67,68)/p+1/b26-24-,55-53+. The number of likely N-dealkylation sites (N-methyl/N-ethyl adjacent to an activating group) is 1. The van der Waals surface area contributed by atoms with Crippen molar-refractivity contribution >= 4 is 13.7 Å². The number of nitrogens with one attached hydrogen (secondary N) is 1. The molecular weight excluding hydrogens is 900 g/mol. The van der Waals surface area contributed by atoms with Crippen molar-refractivity contribution in [3.05, 3.63) is 24.3 Å². The summed E-state index contributed by atoms with van der Waals surface area (Å²) in [7, 11) is 1.59. The number of quaternary nitrogens is 1. The van der Waals surface area contributed by atoms with Crippen molar-refractivity contribution in [2.24, 2.45) is 0 Å². The monoisotopic (exact) mass is 1020 g/mol. The number of hydrogen-bond donors (Lipinski definition) is 3. The molecule has 0 aliphatic rings. The SMILES string of the molecule is CCCCCCCCCC/C=C\CCCCCCCCCCCCCCCCCC(=O)NC(COP(=O)(O)OCC[N+](C)(C)C)C(O)/C=C/CCCCCCCCCCCCCCCCCCCCCC. The van der Waals surface area contributed by atoms with E-state index in [2.05, 4.69) is 31.3 Å². The first-order valence-corrected chi connectivity index (χ1v) is 32.7. The first-order chi connectivity index (χ1) is 34.5. The molecule has 8 nitrogen and oxygen atoms in total. The van der Waals surface area contributed by atoms with Gasteiger partial charge in [0.2, 0.25) is 5.91 Å². The number of aliphatic hydroxyl groups excluding tert-OH is 1. The number of phosphoric acid groups is 1. The lowest BCUT2D eigenvalue weighted by molar-refractivity contribution is -0.870. The topological polar surface area (TPSA) is 105 Å². The predicted octanol–water partition coefficient (Wildman–Crippen LogP) is 19.2. The Bertz CT molecular complexity index is 1210. The van der Waals surface area contributed by atoms with Crippen molar-refractivity contribution in [3.8, 4) is 0 Å². The summed E-state index contributed by atoms with van der Waals surface area (Å²) in [5, 5.41) is 14.0. The minimum atomic E-state index is -4.35. The highest BCUT2D eigenvalue weighted by atomic mass is 31.2. The lowest BCUT2D eigenvalue weighted by atomic mass is 10.0. The predicted molar refractivity (Wildman–Crippen MR) is 309 cm³/mol. The van der Waals surface area contributed by atoms with Crippen molar-refractivity contribution in [2.75, 3.05) is 40.9 Å². The molecule has 0 fully saturated rings. The van der Waals surface area contributed by atoms with Gasteiger partial charge in [-0.15, -0.1) is 0 Å². The molecule has 422 valence electrons. The Hall–Kier alpha value is -1.02. The number of nitrogens with zero attached hydrogens (tertiary/aromatic N) is 1. The third-order valence-electron chi connectivity index (χ3n) is 14.4. The maximum atomic E-state index is 13.0. The van der Waals surface area contributed by atoms with Crippen LogP contribution in [-0.2, 0) is 18.4 Å². The summed E-state index contributed by atoms with van der Waals surface area (Å²) in [5.74, 6) is -0.171. The maximum Gasteiger partial charge on any atom is 0.472 e. The fourth-order valence-corrected chi connectivity index (χ4v) is 10.2. The van der Waals surface area contributed by atoms with Crippen LogP contribution in [-0.4, -0.2) is 73.4 Å². The zero-order chi connectivity index (χ0) is 52.0. The highest BCUT2D eigenvalue weighted by Crippen LogP contribution is 2.43. The fraction of sp³-hybridized carbons (Fsp3) is 0.919. The molecule has 0 aliphatic heterocycles. The second-order valence-electron chi connectivity index (χ2n) is 22.8. The molecule has 0 aromatic heterocycles. The minimum Gasteiger partial charge on any atom is -0.387 e. The first kappa shape index (κ1) is 70.0. The molecule has 0 heterocycles. The molecule has 0 aliphatic carbocycles. The van der Waals surface area contributed by atoms with Crippen LogP contribution in [0.1, 0.15) is 316 Å². The van der Waals surface area contributed by atoms with E-state index in [-0.39, 0.29) is 19.1 Å². The van der Waals surface area contributed by atoms with E-state index in [9.17, 15) is 19.4 Å². The van der Waals surface area contributed by atoms with Crippen molar-refractivity contribution < 1.29 is 32.9 Å². The number of aliphatic hydroxyl groups is 1. The van der Waals surface area contributed by atoms with Gasteiger partial charge in [-0.05, 0) is 44.9 Å². The highest BCUT2D eigenvalue weighted by Gasteiger charge is 2.27. The van der Waals surface area contributed by atoms with Gasteiger partial charge in [-0.1, -0.05) is 289 Å². The summed E-state index contributed by atoms with van der Waals surface area (Å²) in [4.78, 5) is 23.3. The molecule has 0 aromatic rings. The zero-order valence-electron chi connectivity index (χ0n) is 48.2. The quantitative estimate of drug-likeness (QED) is 0.0243. The molecule has 71 heavy (non-hydrogen) atoms. The van der Waals surface area contributed by atoms with Gasteiger partial charge in [0.05, 0.1) is 39.9 Å². The van der Waals surface area contributed by atoms with Crippen LogP contribution in [0.5, 0.6) is 0 Å². The van der Waals surface area contributed by atoms with Crippen molar-refractivity contribution in [1.29, 1.82) is 0 Å². The zero-order valence-corrected chi connectivity index (χ0v) is 49.1. The third kappa shape index (κ3) is 56.5. The lowest BCUT2D eigenvalue weighted by Crippen LogP contribution is -2.45. The molecule has 3 N–H and O–H groups in total. The van der Waals surface area contributed by atoms with Crippen molar-refractivity contribution in [1.82, 2.24) is 5.32 Å². The molecular formula is C62H124N2O6P+. The summed E-state index contributed by atoms with van der Waals surface area (Å²) in [6.45, 7) is 4.87. The number of carbonyl (C=O) groups is 1. The van der Waals surface area contributed by atoms with Crippen molar-refractivity contribution in [3.63, 3.8) is 0 Å². The number of phosphoric ester groups is 1. The average Bonchev–Trinajstić information content (AvgIpc) is 3.33. The van der Waals surface area contributed by atoms with Crippen LogP contribution < -0.4 is 5.32 Å². The van der Waals surface area contributed by atoms with Gasteiger partial charge >= 0.3 is 7.82 Å². The Labute approximate surface area is 443 Å². The highest BCUT2D eigenvalue weighted by molar-refractivity contribution is 7.47. The molecule has 0 saturated carbocycles. The average molecular weight is 1020 g/mol. The Kier molecular flexibility index (Phi) is 53.0. The van der Waals surface area contributed by atoms with E-state index in [1.54, 1.807) is 6.08 Å². The van der Waals surface area contributed by atoms with Crippen LogP contribution in [0.25, 0.3) is 0 Å². The normalized spacial score (nSPS) is 14.0. The van der Waals surface area contributed by atoms with E-state index in [0.29, 0.717) is 17.4 Å². The summed E-state index contributed by atoms with van der Waals surface area (Å²) in [6.07, 6.45) is 68.6. The molecule has 0 bridgehead atoms. The number of carbonyl (C=O) groups excluding carboxylic acids is 1. The summed E-state index contributed by atoms with van der Waals surface area (Å²) in [5.41, 5.74) is 0. The van der Waals surface area contributed by atoms with E-state index in [1.165, 1.54) is 263 Å². The number of amides is 1. The van der Waals surface area contributed by atoms with E-state index in [4.69, 9.17) is 9.05 Å². The molecule has 3 unspecified atom stereocenters.